The van der Waals surface area contributed by atoms with Gasteiger partial charge in [-0.3, -0.25) is 9.98 Å². The van der Waals surface area contributed by atoms with Crippen LogP contribution in [0, 0.1) is 0 Å². The largest absolute Gasteiger partial charge is 0.507 e. The van der Waals surface area contributed by atoms with Crippen molar-refractivity contribution < 1.29 is 10.2 Å². The summed E-state index contributed by atoms with van der Waals surface area (Å²) in [6, 6.07) is 42.5. The van der Waals surface area contributed by atoms with Crippen LogP contribution in [0.3, 0.4) is 0 Å². The zero-order valence-electron chi connectivity index (χ0n) is 21.8. The van der Waals surface area contributed by atoms with E-state index < -0.39 is 12.1 Å². The number of aromatic hydroxyl groups is 2. The predicted molar refractivity (Wildman–Crippen MR) is 165 cm³/mol. The van der Waals surface area contributed by atoms with Gasteiger partial charge in [-0.15, -0.1) is 0 Å². The van der Waals surface area contributed by atoms with E-state index in [1.807, 2.05) is 121 Å². The van der Waals surface area contributed by atoms with Crippen molar-refractivity contribution in [1.82, 2.24) is 0 Å². The topological polar surface area (TPSA) is 65.2 Å². The van der Waals surface area contributed by atoms with Crippen LogP contribution in [-0.2, 0) is 0 Å². The van der Waals surface area contributed by atoms with E-state index in [1.165, 1.54) is 0 Å². The summed E-state index contributed by atoms with van der Waals surface area (Å²) in [4.78, 5) is 10.2. The lowest BCUT2D eigenvalue weighted by Crippen LogP contribution is -2.09. The molecule has 0 aliphatic carbocycles. The van der Waals surface area contributed by atoms with Crippen molar-refractivity contribution in [3.63, 3.8) is 0 Å². The van der Waals surface area contributed by atoms with Gasteiger partial charge in [0, 0.05) is 23.6 Å². The van der Waals surface area contributed by atoms with Gasteiger partial charge in [-0.2, -0.15) is 0 Å². The van der Waals surface area contributed by atoms with Crippen molar-refractivity contribution in [3.8, 4) is 11.5 Å². The Hall–Kier alpha value is -5.22. The fourth-order valence-electron chi connectivity index (χ4n) is 5.15. The molecule has 0 amide bonds. The van der Waals surface area contributed by atoms with Crippen LogP contribution in [0.2, 0.25) is 0 Å². The fraction of sp³-hybridized carbons (Fsp3) is 0.0556. The van der Waals surface area contributed by atoms with Crippen LogP contribution >= 0.6 is 0 Å². The van der Waals surface area contributed by atoms with E-state index in [-0.39, 0.29) is 11.5 Å². The molecule has 6 aromatic carbocycles. The first-order valence-corrected chi connectivity index (χ1v) is 13.3. The Morgan fingerprint density at radius 1 is 0.425 bits per heavy atom. The number of hydrogen-bond acceptors (Lipinski definition) is 4. The van der Waals surface area contributed by atoms with Gasteiger partial charge >= 0.3 is 0 Å². The van der Waals surface area contributed by atoms with Gasteiger partial charge < -0.3 is 10.2 Å². The molecule has 2 N–H and O–H groups in total. The minimum atomic E-state index is -0.393. The van der Waals surface area contributed by atoms with Crippen LogP contribution < -0.4 is 0 Å². The Balaban J connectivity index is 1.50. The summed E-state index contributed by atoms with van der Waals surface area (Å²) in [6.45, 7) is 0. The van der Waals surface area contributed by atoms with Crippen LogP contribution in [0.15, 0.2) is 143 Å². The van der Waals surface area contributed by atoms with Crippen molar-refractivity contribution in [2.24, 2.45) is 9.98 Å². The summed E-state index contributed by atoms with van der Waals surface area (Å²) >= 11 is 0. The summed E-state index contributed by atoms with van der Waals surface area (Å²) in [5, 5.41) is 25.5. The lowest BCUT2D eigenvalue weighted by atomic mass is 9.93. The van der Waals surface area contributed by atoms with Crippen molar-refractivity contribution in [3.05, 3.63) is 156 Å². The lowest BCUT2D eigenvalue weighted by molar-refractivity contribution is 0.474. The summed E-state index contributed by atoms with van der Waals surface area (Å²) in [5.74, 6) is 0.351. The van der Waals surface area contributed by atoms with E-state index in [0.29, 0.717) is 11.1 Å². The van der Waals surface area contributed by atoms with E-state index in [0.717, 1.165) is 32.7 Å². The third-order valence-electron chi connectivity index (χ3n) is 7.21. The second kappa shape index (κ2) is 11.3. The molecule has 0 radical (unpaired) electrons. The molecular formula is C36H28N2O2. The lowest BCUT2D eigenvalue weighted by Gasteiger charge is -2.22. The molecule has 0 bridgehead atoms. The number of fused-ring (bicyclic) bond motifs is 2. The maximum atomic E-state index is 10.8. The highest BCUT2D eigenvalue weighted by molar-refractivity contribution is 6.03. The van der Waals surface area contributed by atoms with Gasteiger partial charge in [-0.1, -0.05) is 121 Å². The third-order valence-corrected chi connectivity index (χ3v) is 7.21. The van der Waals surface area contributed by atoms with Gasteiger partial charge in [0.25, 0.3) is 0 Å². The quantitative estimate of drug-likeness (QED) is 0.208. The van der Waals surface area contributed by atoms with Gasteiger partial charge in [0.2, 0.25) is 0 Å². The minimum Gasteiger partial charge on any atom is -0.507 e. The molecule has 0 aliphatic rings. The first-order chi connectivity index (χ1) is 19.7. The van der Waals surface area contributed by atoms with Crippen LogP contribution in [0.5, 0.6) is 11.5 Å². The van der Waals surface area contributed by atoms with Crippen molar-refractivity contribution in [1.29, 1.82) is 0 Å². The van der Waals surface area contributed by atoms with E-state index in [2.05, 4.69) is 0 Å². The van der Waals surface area contributed by atoms with E-state index in [9.17, 15) is 10.2 Å². The van der Waals surface area contributed by atoms with Crippen LogP contribution in [0.25, 0.3) is 21.5 Å². The molecule has 0 saturated heterocycles. The maximum absolute atomic E-state index is 10.8. The molecule has 0 heterocycles. The number of phenols is 2. The summed E-state index contributed by atoms with van der Waals surface area (Å²) in [5.41, 5.74) is 3.32. The number of phenolic OH excluding ortho intramolecular Hbond substituents is 2. The Labute approximate surface area is 233 Å². The Bertz CT molecular complexity index is 1690. The molecule has 0 unspecified atom stereocenters. The molecule has 0 fully saturated rings. The van der Waals surface area contributed by atoms with Gasteiger partial charge in [0.15, 0.2) is 0 Å². The van der Waals surface area contributed by atoms with E-state index >= 15 is 0 Å². The summed E-state index contributed by atoms with van der Waals surface area (Å²) in [6.07, 6.45) is 3.52. The summed E-state index contributed by atoms with van der Waals surface area (Å²) in [7, 11) is 0. The summed E-state index contributed by atoms with van der Waals surface area (Å²) < 4.78 is 0. The highest BCUT2D eigenvalue weighted by Crippen LogP contribution is 2.37. The molecule has 0 saturated carbocycles. The van der Waals surface area contributed by atoms with Crippen molar-refractivity contribution in [2.45, 2.75) is 12.1 Å². The number of rotatable bonds is 7. The predicted octanol–water partition coefficient (Wildman–Crippen LogP) is 8.42. The fourth-order valence-corrected chi connectivity index (χ4v) is 5.15. The molecule has 4 nitrogen and oxygen atoms in total. The average molecular weight is 521 g/mol. The number of nitrogens with zero attached hydrogens (tertiary/aromatic N) is 2. The molecule has 2 atom stereocenters. The van der Waals surface area contributed by atoms with Gasteiger partial charge in [0.1, 0.15) is 23.6 Å². The molecular weight excluding hydrogens is 492 g/mol. The molecule has 0 aliphatic heterocycles. The van der Waals surface area contributed by atoms with Gasteiger partial charge in [0.05, 0.1) is 0 Å². The molecule has 6 rings (SSSR count). The van der Waals surface area contributed by atoms with E-state index in [4.69, 9.17) is 9.98 Å². The third kappa shape index (κ3) is 5.07. The smallest absolute Gasteiger partial charge is 0.124 e. The van der Waals surface area contributed by atoms with Crippen molar-refractivity contribution >= 4 is 34.0 Å². The zero-order valence-corrected chi connectivity index (χ0v) is 21.8. The molecule has 194 valence electrons. The van der Waals surface area contributed by atoms with Crippen molar-refractivity contribution in [2.75, 3.05) is 0 Å². The SMILES string of the molecule is Oc1ccc2ccccc2c1/C=N/[C@H](c1ccccc1)[C@@H](/N=C/c1c(O)ccc2ccccc12)c1ccccc1. The highest BCUT2D eigenvalue weighted by atomic mass is 16.3. The number of hydrogen-bond donors (Lipinski definition) is 2. The zero-order chi connectivity index (χ0) is 27.3. The molecule has 6 aromatic rings. The average Bonchev–Trinajstić information content (AvgIpc) is 3.01. The number of aliphatic imine (C=N–C) groups is 2. The number of benzene rings is 6. The Morgan fingerprint density at radius 2 is 0.800 bits per heavy atom. The van der Waals surface area contributed by atoms with Crippen LogP contribution in [0.4, 0.5) is 0 Å². The van der Waals surface area contributed by atoms with E-state index in [1.54, 1.807) is 24.6 Å². The van der Waals surface area contributed by atoms with Gasteiger partial charge in [-0.25, -0.2) is 0 Å². The first-order valence-electron chi connectivity index (χ1n) is 13.3. The molecule has 0 spiro atoms. The van der Waals surface area contributed by atoms with Crippen LogP contribution in [0.1, 0.15) is 34.3 Å². The normalized spacial score (nSPS) is 13.3. The molecule has 4 heteroatoms. The van der Waals surface area contributed by atoms with Gasteiger partial charge in [-0.05, 0) is 44.8 Å². The maximum Gasteiger partial charge on any atom is 0.124 e. The molecule has 40 heavy (non-hydrogen) atoms. The highest BCUT2D eigenvalue weighted by Gasteiger charge is 2.24. The Morgan fingerprint density at radius 3 is 1.23 bits per heavy atom. The minimum absolute atomic E-state index is 0.176. The Kier molecular flexibility index (Phi) is 7.06. The monoisotopic (exact) mass is 520 g/mol. The van der Waals surface area contributed by atoms with Crippen LogP contribution in [-0.4, -0.2) is 22.6 Å². The first kappa shape index (κ1) is 25.1. The second-order valence-corrected chi connectivity index (χ2v) is 9.71. The molecule has 0 aromatic heterocycles. The standard InChI is InChI=1S/C36H28N2O2/c39-33-21-19-25-11-7-9-17-29(25)31(33)23-37-35(27-13-3-1-4-14-27)36(28-15-5-2-6-16-28)38-24-32-30-18-10-8-12-26(30)20-22-34(32)40/h1-24,35-36,39-40H/b37-23+,38-24+/t35-,36+. The second-order valence-electron chi connectivity index (χ2n) is 9.71.